The van der Waals surface area contributed by atoms with Crippen LogP contribution in [0.25, 0.3) is 10.9 Å². The molecule has 0 bridgehead atoms. The molecular formula is C90H145N25O28. The first-order chi connectivity index (χ1) is 67.7. The summed E-state index contributed by atoms with van der Waals surface area (Å²) < 4.78 is 0. The number of unbranched alkanes of at least 4 members (excludes halogenated alkanes) is 3. The van der Waals surface area contributed by atoms with E-state index in [9.17, 15) is 123 Å². The standard InChI is InChI=1S/C90H145N25O28/c1-8-46(4)70(85(138)107-60(36-50-26-28-52(122)29-27-50)80(133)106-62(38-69(124)125)82(135)114-72(49(7)121)87(140)109-64(42-117)83(136)102-56(22-12-15-31-92)77(130)104-59(35-45(2)3)79(132)100-47(5)73(126)111-66(44-119)89(142)143)113-81(134)61(37-51-39-98-55-21-10-9-19-53(51)55)105-78(131)58(24-17-33-97-90(95)96)101-76(129)57(23-13-16-32-93)103-84(137)67-25-18-34-115(67)88(141)65(43-118)110-86(139)71(48(6)120)112-68(123)40-99-75(128)63(41-116)108-74(127)54(94)20-11-14-30-91/h9-10,19,21,26-29,39,45-49,54,56-67,70-72,98,116-122H,8,11-18,20,22-25,30-38,40-44,91-94H2,1-7H3,(H,99,128)(H,100,132)(H,101,129)(H,102,136)(H,103,137)(H,104,130)(H,105,131)(H,106,133)(H,107,138)(H,108,127)(H,109,140)(H,110,139)(H,111,126)(H,112,123)(H,113,134)(H,114,135)(H,124,125)(H,142,143)(H4,95,96,97)/t46-,47-,48+,49+,54-,56-,57-,58-,59-,60-,61-,62-,63-,64-,65-,66-,67-,70-,71-,72-/m0/s1. The molecule has 1 aromatic heterocycles. The van der Waals surface area contributed by atoms with E-state index < -0.39 is 285 Å². The number of hydrogen-bond acceptors (Lipinski definition) is 31. The van der Waals surface area contributed by atoms with Crippen molar-refractivity contribution < 1.29 is 137 Å². The van der Waals surface area contributed by atoms with Crippen LogP contribution < -0.4 is 119 Å². The number of fused-ring (bicyclic) bond motifs is 1. The van der Waals surface area contributed by atoms with Gasteiger partial charge in [0.2, 0.25) is 100 Å². The summed E-state index contributed by atoms with van der Waals surface area (Å²) in [5.74, 6) is -23.7. The van der Waals surface area contributed by atoms with Gasteiger partial charge in [-0.3, -0.25) is 91.7 Å². The van der Waals surface area contributed by atoms with E-state index in [0.29, 0.717) is 48.7 Å². The molecule has 1 saturated heterocycles. The first-order valence-corrected chi connectivity index (χ1v) is 47.4. The Morgan fingerprint density at radius 3 is 1.44 bits per heavy atom. The van der Waals surface area contributed by atoms with Crippen LogP contribution in [0.4, 0.5) is 0 Å². The molecule has 3 aromatic rings. The number of amides is 17. The number of aromatic amines is 1. The second-order valence-electron chi connectivity index (χ2n) is 35.4. The lowest BCUT2D eigenvalue weighted by Gasteiger charge is -2.31. The van der Waals surface area contributed by atoms with Crippen LogP contribution in [0.2, 0.25) is 0 Å². The molecule has 0 aliphatic carbocycles. The quantitative estimate of drug-likeness (QED) is 0.0142. The Bertz CT molecular complexity index is 4760. The molecule has 1 aliphatic rings. The molecule has 17 amide bonds. The van der Waals surface area contributed by atoms with Gasteiger partial charge >= 0.3 is 11.9 Å². The summed E-state index contributed by atoms with van der Waals surface area (Å²) >= 11 is 0. The van der Waals surface area contributed by atoms with Crippen molar-refractivity contribution >= 4 is 129 Å². The first-order valence-electron chi connectivity index (χ1n) is 47.4. The van der Waals surface area contributed by atoms with Gasteiger partial charge in [-0.15, -0.1) is 0 Å². The molecule has 798 valence electrons. The number of aliphatic hydroxyl groups is 6. The Kier molecular flexibility index (Phi) is 53.5. The molecule has 53 nitrogen and oxygen atoms in total. The zero-order valence-electron chi connectivity index (χ0n) is 81.2. The normalized spacial score (nSPS) is 16.3. The summed E-state index contributed by atoms with van der Waals surface area (Å²) in [5.41, 5.74) is 29.9. The number of aliphatic carboxylic acids is 2. The number of nitrogens with one attached hydrogen (secondary N) is 19. The predicted octanol–water partition coefficient (Wildman–Crippen LogP) is -10.6. The molecule has 0 spiro atoms. The highest BCUT2D eigenvalue weighted by Crippen LogP contribution is 2.24. The number of aliphatic hydroxyl groups excluding tert-OH is 6. The molecule has 143 heavy (non-hydrogen) atoms. The molecule has 2 aromatic carbocycles. The number of benzene rings is 2. The number of carbonyl (C=O) groups is 19. The number of hydrogen-bond donors (Lipinski definition) is 33. The Labute approximate surface area is 825 Å². The number of nitrogens with two attached hydrogens (primary N) is 5. The number of aromatic hydroxyl groups is 1. The van der Waals surface area contributed by atoms with Gasteiger partial charge in [-0.05, 0) is 165 Å². The van der Waals surface area contributed by atoms with Crippen molar-refractivity contribution in [2.75, 3.05) is 65.7 Å². The summed E-state index contributed by atoms with van der Waals surface area (Å²) in [6.07, 6.45) is -2.34. The fourth-order valence-electron chi connectivity index (χ4n) is 15.0. The number of carbonyl (C=O) groups excluding carboxylic acids is 17. The third kappa shape index (κ3) is 41.2. The number of nitrogens with zero attached hydrogens (tertiary/aromatic N) is 1. The number of carboxylic acids is 2. The monoisotopic (exact) mass is 2020 g/mol. The molecular weight excluding hydrogens is 1880 g/mol. The highest BCUT2D eigenvalue weighted by molar-refractivity contribution is 6.02. The molecule has 2 heterocycles. The lowest BCUT2D eigenvalue weighted by Crippen LogP contribution is -2.63. The van der Waals surface area contributed by atoms with Gasteiger partial charge in [-0.1, -0.05) is 70.9 Å². The summed E-state index contributed by atoms with van der Waals surface area (Å²) in [7, 11) is 0. The van der Waals surface area contributed by atoms with Crippen molar-refractivity contribution in [3.63, 3.8) is 0 Å². The second-order valence-corrected chi connectivity index (χ2v) is 35.4. The molecule has 1 aliphatic heterocycles. The Morgan fingerprint density at radius 2 is 0.902 bits per heavy atom. The molecule has 53 heteroatoms. The number of guanidine groups is 1. The summed E-state index contributed by atoms with van der Waals surface area (Å²) in [6, 6.07) is -16.4. The van der Waals surface area contributed by atoms with Gasteiger partial charge in [0.1, 0.15) is 102 Å². The third-order valence-corrected chi connectivity index (χ3v) is 23.4. The Hall–Kier alpha value is -13.4. The van der Waals surface area contributed by atoms with Crippen LogP contribution in [0, 0.1) is 17.2 Å². The molecule has 38 N–H and O–H groups in total. The SMILES string of the molecule is CC[C@H](C)[C@H](NC(=O)[C@H](Cc1c[nH]c2ccccc12)NC(=O)[C@H](CCCNC(=N)N)NC(=O)[C@H](CCCCN)NC(=O)[C@@H]1CCCN1C(=O)[C@H](CO)NC(=O)[C@@H](NC(=O)CNC(=O)[C@H](CO)NC(=O)[C@@H](N)CCCCN)[C@@H](C)O)C(=O)N[C@@H](Cc1ccc(O)cc1)C(=O)N[C@@H](CC(=O)O)C(=O)N[C@H](C(=O)N[C@@H](CO)C(=O)N[C@@H](CCCCN)C(=O)N[C@@H](CC(C)C)C(=O)N[C@@H](C)C(=O)N[C@@H](CO)C(=O)O)[C@@H](C)O. The van der Waals surface area contributed by atoms with E-state index in [1.165, 1.54) is 31.2 Å². The average molecular weight is 2030 g/mol. The first kappa shape index (κ1) is 122. The summed E-state index contributed by atoms with van der Waals surface area (Å²) in [5, 5.41) is 141. The fourth-order valence-corrected chi connectivity index (χ4v) is 15.0. The lowest BCUT2D eigenvalue weighted by atomic mass is 9.96. The highest BCUT2D eigenvalue weighted by Gasteiger charge is 2.44. The minimum absolute atomic E-state index is 0.0158. The van der Waals surface area contributed by atoms with Gasteiger partial charge in [0.15, 0.2) is 5.96 Å². The van der Waals surface area contributed by atoms with Crippen LogP contribution in [0.5, 0.6) is 5.75 Å². The number of likely N-dealkylation sites (tertiary alicyclic amines) is 1. The maximum atomic E-state index is 15.4. The number of carboxylic acid groups (broad SMARTS) is 2. The lowest BCUT2D eigenvalue weighted by molar-refractivity contribution is -0.143. The van der Waals surface area contributed by atoms with Gasteiger partial charge in [0, 0.05) is 43.0 Å². The van der Waals surface area contributed by atoms with Gasteiger partial charge in [-0.25, -0.2) is 4.79 Å². The third-order valence-electron chi connectivity index (χ3n) is 23.4. The van der Waals surface area contributed by atoms with E-state index >= 15 is 14.4 Å². The summed E-state index contributed by atoms with van der Waals surface area (Å²) in [4.78, 5) is 269. The number of phenols is 1. The maximum absolute atomic E-state index is 15.4. The van der Waals surface area contributed by atoms with Crippen molar-refractivity contribution in [2.24, 2.45) is 40.5 Å². The average Bonchev–Trinajstić information content (AvgIpc) is 1.70. The fraction of sp³-hybridized carbons (Fsp3) is 0.622. The van der Waals surface area contributed by atoms with E-state index in [1.54, 1.807) is 58.2 Å². The van der Waals surface area contributed by atoms with Crippen LogP contribution in [0.1, 0.15) is 162 Å². The van der Waals surface area contributed by atoms with Gasteiger partial charge in [0.05, 0.1) is 57.6 Å². The van der Waals surface area contributed by atoms with E-state index in [-0.39, 0.29) is 120 Å². The van der Waals surface area contributed by atoms with Crippen LogP contribution in [0.15, 0.2) is 54.7 Å². The van der Waals surface area contributed by atoms with Crippen LogP contribution in [0.3, 0.4) is 0 Å². The van der Waals surface area contributed by atoms with Gasteiger partial charge < -0.3 is 175 Å². The molecule has 20 atom stereocenters. The smallest absolute Gasteiger partial charge is 0.328 e. The van der Waals surface area contributed by atoms with E-state index in [1.807, 2.05) is 0 Å². The number of rotatable bonds is 66. The Morgan fingerprint density at radius 1 is 0.462 bits per heavy atom. The van der Waals surface area contributed by atoms with Crippen molar-refractivity contribution in [3.05, 3.63) is 65.9 Å². The van der Waals surface area contributed by atoms with E-state index in [2.05, 4.69) is 95.4 Å². The zero-order chi connectivity index (χ0) is 107. The topological polar surface area (TPSA) is 884 Å². The van der Waals surface area contributed by atoms with Gasteiger partial charge in [-0.2, -0.15) is 0 Å². The van der Waals surface area contributed by atoms with Crippen molar-refractivity contribution in [2.45, 2.75) is 279 Å². The van der Waals surface area contributed by atoms with Crippen LogP contribution in [-0.2, 0) is 104 Å². The zero-order valence-corrected chi connectivity index (χ0v) is 81.2. The summed E-state index contributed by atoms with van der Waals surface area (Å²) in [6.45, 7) is 5.18. The molecule has 0 unspecified atom stereocenters. The number of aromatic nitrogens is 1. The maximum Gasteiger partial charge on any atom is 0.328 e. The number of para-hydroxylation sites is 1. The minimum Gasteiger partial charge on any atom is -0.508 e. The minimum atomic E-state index is -2.20. The predicted molar refractivity (Wildman–Crippen MR) is 513 cm³/mol. The Balaban J connectivity index is 1.65. The largest absolute Gasteiger partial charge is 0.508 e. The number of phenolic OH excluding ortho intramolecular Hbond substituents is 1. The number of H-pyrrole nitrogens is 1. The molecule has 1 fully saturated rings. The van der Waals surface area contributed by atoms with E-state index in [0.717, 1.165) is 18.7 Å². The van der Waals surface area contributed by atoms with Crippen LogP contribution in [-0.4, -0.2) is 355 Å². The molecule has 4 rings (SSSR count). The molecule has 0 saturated carbocycles. The van der Waals surface area contributed by atoms with E-state index in [4.69, 9.17) is 34.1 Å². The van der Waals surface area contributed by atoms with Crippen LogP contribution >= 0.6 is 0 Å². The van der Waals surface area contributed by atoms with Crippen molar-refractivity contribution in [1.29, 1.82) is 5.41 Å². The highest BCUT2D eigenvalue weighted by atomic mass is 16.4. The second kappa shape index (κ2) is 62.8. The molecule has 0 radical (unpaired) electrons. The van der Waals surface area contributed by atoms with Crippen molar-refractivity contribution in [1.82, 2.24) is 100 Å². The van der Waals surface area contributed by atoms with Gasteiger partial charge in [0.25, 0.3) is 0 Å². The van der Waals surface area contributed by atoms with Crippen molar-refractivity contribution in [3.8, 4) is 5.75 Å².